The van der Waals surface area contributed by atoms with Crippen molar-refractivity contribution in [1.82, 2.24) is 0 Å². The van der Waals surface area contributed by atoms with Crippen LogP contribution in [0.25, 0.3) is 11.1 Å². The van der Waals surface area contributed by atoms with Gasteiger partial charge < -0.3 is 0 Å². The molecule has 0 amide bonds. The van der Waals surface area contributed by atoms with E-state index in [2.05, 4.69) is 70.2 Å². The van der Waals surface area contributed by atoms with Gasteiger partial charge in [0.25, 0.3) is 0 Å². The van der Waals surface area contributed by atoms with Crippen LogP contribution in [0.1, 0.15) is 30.5 Å². The molecule has 0 spiro atoms. The molecule has 94 valence electrons. The Morgan fingerprint density at radius 3 is 2.11 bits per heavy atom. The second-order valence-electron chi connectivity index (χ2n) is 5.61. The van der Waals surface area contributed by atoms with Gasteiger partial charge in [0.15, 0.2) is 0 Å². The summed E-state index contributed by atoms with van der Waals surface area (Å²) >= 11 is 0. The standard InChI is InChI=1S/C18H22/c1-13(2)11-16-6-8-17(9-7-16)18-10-5-14(3)12-15(18)4/h5-10,12-13H,11H2,1-4H3. The second kappa shape index (κ2) is 5.39. The van der Waals surface area contributed by atoms with E-state index in [-0.39, 0.29) is 0 Å². The van der Waals surface area contributed by atoms with Crippen LogP contribution in [0.3, 0.4) is 0 Å². The molecule has 0 aliphatic carbocycles. The van der Waals surface area contributed by atoms with Crippen molar-refractivity contribution in [2.75, 3.05) is 0 Å². The van der Waals surface area contributed by atoms with Gasteiger partial charge in [-0.05, 0) is 48.4 Å². The van der Waals surface area contributed by atoms with E-state index < -0.39 is 0 Å². The highest BCUT2D eigenvalue weighted by Crippen LogP contribution is 2.25. The first-order valence-electron chi connectivity index (χ1n) is 6.73. The maximum atomic E-state index is 2.26. The van der Waals surface area contributed by atoms with Gasteiger partial charge in [0.1, 0.15) is 0 Å². The summed E-state index contributed by atoms with van der Waals surface area (Å²) in [5.74, 6) is 0.719. The zero-order valence-corrected chi connectivity index (χ0v) is 11.8. The Bertz CT molecular complexity index is 518. The van der Waals surface area contributed by atoms with E-state index in [1.54, 1.807) is 0 Å². The predicted molar refractivity (Wildman–Crippen MR) is 79.9 cm³/mol. The van der Waals surface area contributed by atoms with Crippen molar-refractivity contribution in [2.45, 2.75) is 34.1 Å². The fourth-order valence-corrected chi connectivity index (χ4v) is 2.43. The maximum absolute atomic E-state index is 2.26. The molecule has 2 rings (SSSR count). The summed E-state index contributed by atoms with van der Waals surface area (Å²) in [5, 5.41) is 0. The van der Waals surface area contributed by atoms with Crippen molar-refractivity contribution in [1.29, 1.82) is 0 Å². The highest BCUT2D eigenvalue weighted by atomic mass is 14.1. The lowest BCUT2D eigenvalue weighted by Crippen LogP contribution is -1.93. The Balaban J connectivity index is 2.28. The summed E-state index contributed by atoms with van der Waals surface area (Å²) in [6.07, 6.45) is 1.16. The molecule has 0 saturated carbocycles. The van der Waals surface area contributed by atoms with E-state index in [4.69, 9.17) is 0 Å². The normalized spacial score (nSPS) is 10.9. The lowest BCUT2D eigenvalue weighted by molar-refractivity contribution is 0.647. The summed E-state index contributed by atoms with van der Waals surface area (Å²) in [4.78, 5) is 0. The predicted octanol–water partition coefficient (Wildman–Crippen LogP) is 5.17. The monoisotopic (exact) mass is 238 g/mol. The number of rotatable bonds is 3. The van der Waals surface area contributed by atoms with Crippen LogP contribution < -0.4 is 0 Å². The third-order valence-corrected chi connectivity index (χ3v) is 3.29. The van der Waals surface area contributed by atoms with Gasteiger partial charge in [-0.1, -0.05) is 61.9 Å². The molecule has 0 unspecified atom stereocenters. The van der Waals surface area contributed by atoms with Gasteiger partial charge in [-0.25, -0.2) is 0 Å². The summed E-state index contributed by atoms with van der Waals surface area (Å²) < 4.78 is 0. The molecule has 0 heteroatoms. The molecule has 0 aliphatic heterocycles. The second-order valence-corrected chi connectivity index (χ2v) is 5.61. The molecule has 0 radical (unpaired) electrons. The SMILES string of the molecule is Cc1ccc(-c2ccc(CC(C)C)cc2)c(C)c1. The van der Waals surface area contributed by atoms with Crippen molar-refractivity contribution in [2.24, 2.45) is 5.92 Å². The van der Waals surface area contributed by atoms with Gasteiger partial charge in [0.2, 0.25) is 0 Å². The smallest absolute Gasteiger partial charge is 0.0155 e. The van der Waals surface area contributed by atoms with Crippen LogP contribution in [0.2, 0.25) is 0 Å². The maximum Gasteiger partial charge on any atom is -0.0155 e. The Morgan fingerprint density at radius 1 is 0.889 bits per heavy atom. The van der Waals surface area contributed by atoms with Crippen LogP contribution in [0, 0.1) is 19.8 Å². The van der Waals surface area contributed by atoms with Crippen molar-refractivity contribution < 1.29 is 0 Å². The molecule has 18 heavy (non-hydrogen) atoms. The fourth-order valence-electron chi connectivity index (χ4n) is 2.43. The van der Waals surface area contributed by atoms with E-state index >= 15 is 0 Å². The number of hydrogen-bond donors (Lipinski definition) is 0. The first kappa shape index (κ1) is 12.9. The minimum atomic E-state index is 0.719. The van der Waals surface area contributed by atoms with Gasteiger partial charge in [0, 0.05) is 0 Å². The van der Waals surface area contributed by atoms with Gasteiger partial charge in [-0.15, -0.1) is 0 Å². The average molecular weight is 238 g/mol. The molecule has 2 aromatic rings. The van der Waals surface area contributed by atoms with Gasteiger partial charge in [-0.3, -0.25) is 0 Å². The highest BCUT2D eigenvalue weighted by molar-refractivity contribution is 5.67. The van der Waals surface area contributed by atoms with Crippen LogP contribution in [0.4, 0.5) is 0 Å². The Labute approximate surface area is 111 Å². The third-order valence-electron chi connectivity index (χ3n) is 3.29. The van der Waals surface area contributed by atoms with Crippen molar-refractivity contribution in [3.05, 3.63) is 59.2 Å². The van der Waals surface area contributed by atoms with Gasteiger partial charge >= 0.3 is 0 Å². The van der Waals surface area contributed by atoms with E-state index in [0.29, 0.717) is 0 Å². The lowest BCUT2D eigenvalue weighted by atomic mass is 9.96. The molecule has 2 aromatic carbocycles. The van der Waals surface area contributed by atoms with E-state index in [1.165, 1.54) is 27.8 Å². The Kier molecular flexibility index (Phi) is 3.86. The quantitative estimate of drug-likeness (QED) is 0.692. The topological polar surface area (TPSA) is 0 Å². The molecule has 0 heterocycles. The minimum Gasteiger partial charge on any atom is -0.0625 e. The molecule has 0 fully saturated rings. The lowest BCUT2D eigenvalue weighted by Gasteiger charge is -2.09. The zero-order valence-electron chi connectivity index (χ0n) is 11.8. The number of aryl methyl sites for hydroxylation is 2. The summed E-state index contributed by atoms with van der Waals surface area (Å²) in [6.45, 7) is 8.85. The number of hydrogen-bond acceptors (Lipinski definition) is 0. The first-order valence-corrected chi connectivity index (χ1v) is 6.73. The van der Waals surface area contributed by atoms with Crippen LogP contribution >= 0.6 is 0 Å². The van der Waals surface area contributed by atoms with E-state index in [0.717, 1.165) is 12.3 Å². The molecule has 0 N–H and O–H groups in total. The van der Waals surface area contributed by atoms with Crippen LogP contribution in [-0.4, -0.2) is 0 Å². The minimum absolute atomic E-state index is 0.719. The molecular weight excluding hydrogens is 216 g/mol. The van der Waals surface area contributed by atoms with Gasteiger partial charge in [0.05, 0.1) is 0 Å². The van der Waals surface area contributed by atoms with Crippen LogP contribution in [0.5, 0.6) is 0 Å². The van der Waals surface area contributed by atoms with Crippen molar-refractivity contribution >= 4 is 0 Å². The largest absolute Gasteiger partial charge is 0.0625 e. The van der Waals surface area contributed by atoms with Crippen molar-refractivity contribution in [3.8, 4) is 11.1 Å². The fraction of sp³-hybridized carbons (Fsp3) is 0.333. The molecule has 0 aliphatic rings. The average Bonchev–Trinajstić information content (AvgIpc) is 2.30. The van der Waals surface area contributed by atoms with Crippen LogP contribution in [0.15, 0.2) is 42.5 Å². The molecule has 0 atom stereocenters. The van der Waals surface area contributed by atoms with Crippen LogP contribution in [-0.2, 0) is 6.42 Å². The Morgan fingerprint density at radius 2 is 1.56 bits per heavy atom. The van der Waals surface area contributed by atoms with Gasteiger partial charge in [-0.2, -0.15) is 0 Å². The van der Waals surface area contributed by atoms with Crippen molar-refractivity contribution in [3.63, 3.8) is 0 Å². The zero-order chi connectivity index (χ0) is 13.1. The third kappa shape index (κ3) is 3.01. The molecule has 0 bridgehead atoms. The van der Waals surface area contributed by atoms with E-state index in [9.17, 15) is 0 Å². The Hall–Kier alpha value is -1.56. The molecule has 0 saturated heterocycles. The summed E-state index contributed by atoms with van der Waals surface area (Å²) in [6, 6.07) is 15.7. The number of benzene rings is 2. The molecule has 0 nitrogen and oxygen atoms in total. The molecular formula is C18H22. The summed E-state index contributed by atoms with van der Waals surface area (Å²) in [7, 11) is 0. The molecule has 0 aromatic heterocycles. The first-order chi connectivity index (χ1) is 8.56. The highest BCUT2D eigenvalue weighted by Gasteiger charge is 2.03. The van der Waals surface area contributed by atoms with E-state index in [1.807, 2.05) is 0 Å². The summed E-state index contributed by atoms with van der Waals surface area (Å²) in [5.41, 5.74) is 6.77.